The minimum absolute atomic E-state index is 0.327. The lowest BCUT2D eigenvalue weighted by Crippen LogP contribution is -2.22. The van der Waals surface area contributed by atoms with Crippen molar-refractivity contribution in [2.45, 2.75) is 0 Å². The molecule has 6 heteroatoms. The lowest BCUT2D eigenvalue weighted by molar-refractivity contribution is 0.938. The van der Waals surface area contributed by atoms with Gasteiger partial charge in [-0.15, -0.1) is 0 Å². The van der Waals surface area contributed by atoms with Crippen molar-refractivity contribution in [3.8, 4) is 0 Å². The van der Waals surface area contributed by atoms with Crippen LogP contribution in [0.25, 0.3) is 0 Å². The van der Waals surface area contributed by atoms with E-state index in [2.05, 4.69) is 16.2 Å². The maximum Gasteiger partial charge on any atom is 0.152 e. The number of aromatic nitrogens is 2. The second-order valence-electron chi connectivity index (χ2n) is 2.81. The molecule has 0 radical (unpaired) electrons. The van der Waals surface area contributed by atoms with Gasteiger partial charge in [0.05, 0.1) is 0 Å². The number of nitrogens with zero attached hydrogens (tertiary/aromatic N) is 3. The Hall–Kier alpha value is -0.680. The van der Waals surface area contributed by atoms with Gasteiger partial charge in [-0.3, -0.25) is 0 Å². The molecule has 0 atom stereocenters. The molecule has 0 aliphatic rings. The van der Waals surface area contributed by atoms with Gasteiger partial charge in [-0.1, -0.05) is 11.6 Å². The van der Waals surface area contributed by atoms with Crippen molar-refractivity contribution < 1.29 is 0 Å². The van der Waals surface area contributed by atoms with E-state index in [4.69, 9.17) is 17.3 Å². The van der Waals surface area contributed by atoms with E-state index >= 15 is 0 Å². The van der Waals surface area contributed by atoms with Crippen LogP contribution < -0.4 is 10.6 Å². The summed E-state index contributed by atoms with van der Waals surface area (Å²) in [5.74, 6) is 2.04. The van der Waals surface area contributed by atoms with Gasteiger partial charge in [0.1, 0.15) is 17.2 Å². The SMILES string of the molecule is CSCCN(C)c1ncnc(N)c1Cl. The van der Waals surface area contributed by atoms with Crippen molar-refractivity contribution in [3.63, 3.8) is 0 Å². The molecule has 0 fully saturated rings. The van der Waals surface area contributed by atoms with E-state index in [1.807, 2.05) is 11.9 Å². The molecule has 1 aromatic rings. The third-order valence-electron chi connectivity index (χ3n) is 1.79. The van der Waals surface area contributed by atoms with Gasteiger partial charge in [-0.2, -0.15) is 11.8 Å². The van der Waals surface area contributed by atoms with Gasteiger partial charge in [0.25, 0.3) is 0 Å². The molecule has 0 amide bonds. The highest BCUT2D eigenvalue weighted by Gasteiger charge is 2.10. The molecule has 1 rings (SSSR count). The first-order chi connectivity index (χ1) is 6.66. The number of halogens is 1. The Morgan fingerprint density at radius 3 is 2.93 bits per heavy atom. The van der Waals surface area contributed by atoms with Crippen molar-refractivity contribution in [2.24, 2.45) is 0 Å². The molecule has 0 aromatic carbocycles. The van der Waals surface area contributed by atoms with E-state index in [0.717, 1.165) is 12.3 Å². The van der Waals surface area contributed by atoms with Crippen molar-refractivity contribution in [2.75, 3.05) is 36.2 Å². The summed E-state index contributed by atoms with van der Waals surface area (Å²) in [6.45, 7) is 0.886. The molecule has 4 nitrogen and oxygen atoms in total. The van der Waals surface area contributed by atoms with E-state index in [0.29, 0.717) is 16.7 Å². The highest BCUT2D eigenvalue weighted by atomic mass is 35.5. The second-order valence-corrected chi connectivity index (χ2v) is 4.17. The molecule has 0 saturated carbocycles. The minimum Gasteiger partial charge on any atom is -0.382 e. The predicted octanol–water partition coefficient (Wildman–Crippen LogP) is 1.51. The molecule has 0 spiro atoms. The molecular weight excluding hydrogens is 220 g/mol. The van der Waals surface area contributed by atoms with E-state index in [1.165, 1.54) is 6.33 Å². The van der Waals surface area contributed by atoms with Crippen LogP contribution in [0.3, 0.4) is 0 Å². The quantitative estimate of drug-likeness (QED) is 0.853. The van der Waals surface area contributed by atoms with Gasteiger partial charge in [0, 0.05) is 19.3 Å². The summed E-state index contributed by atoms with van der Waals surface area (Å²) in [6.07, 6.45) is 3.48. The van der Waals surface area contributed by atoms with Gasteiger partial charge in [0.15, 0.2) is 5.82 Å². The van der Waals surface area contributed by atoms with Crippen molar-refractivity contribution in [3.05, 3.63) is 11.3 Å². The molecular formula is C8H13ClN4S. The first-order valence-electron chi connectivity index (χ1n) is 4.13. The number of nitrogens with two attached hydrogens (primary N) is 1. The summed E-state index contributed by atoms with van der Waals surface area (Å²) in [4.78, 5) is 9.86. The lowest BCUT2D eigenvalue weighted by atomic mass is 10.5. The Balaban J connectivity index is 2.79. The fourth-order valence-corrected chi connectivity index (χ4v) is 1.67. The van der Waals surface area contributed by atoms with Gasteiger partial charge in [0.2, 0.25) is 0 Å². The Morgan fingerprint density at radius 2 is 2.29 bits per heavy atom. The van der Waals surface area contributed by atoms with Crippen LogP contribution >= 0.6 is 23.4 Å². The summed E-state index contributed by atoms with van der Waals surface area (Å²) in [5.41, 5.74) is 5.57. The molecule has 0 unspecified atom stereocenters. The smallest absolute Gasteiger partial charge is 0.152 e. The fraction of sp³-hybridized carbons (Fsp3) is 0.500. The molecule has 1 heterocycles. The van der Waals surface area contributed by atoms with Gasteiger partial charge >= 0.3 is 0 Å². The Labute approximate surface area is 92.9 Å². The third kappa shape index (κ3) is 2.65. The molecule has 0 saturated heterocycles. The van der Waals surface area contributed by atoms with E-state index in [1.54, 1.807) is 11.8 Å². The predicted molar refractivity (Wildman–Crippen MR) is 63.1 cm³/mol. The summed E-state index contributed by atoms with van der Waals surface area (Å²) in [7, 11) is 1.93. The van der Waals surface area contributed by atoms with E-state index in [9.17, 15) is 0 Å². The lowest BCUT2D eigenvalue weighted by Gasteiger charge is -2.18. The van der Waals surface area contributed by atoms with Crippen LogP contribution in [0.15, 0.2) is 6.33 Å². The number of thioether (sulfide) groups is 1. The van der Waals surface area contributed by atoms with Gasteiger partial charge in [-0.05, 0) is 6.26 Å². The third-order valence-corrected chi connectivity index (χ3v) is 2.74. The Morgan fingerprint density at radius 1 is 1.57 bits per heavy atom. The average molecular weight is 233 g/mol. The van der Waals surface area contributed by atoms with Crippen molar-refractivity contribution in [1.29, 1.82) is 0 Å². The highest BCUT2D eigenvalue weighted by Crippen LogP contribution is 2.25. The monoisotopic (exact) mass is 232 g/mol. The van der Waals surface area contributed by atoms with E-state index < -0.39 is 0 Å². The second kappa shape index (κ2) is 5.26. The zero-order valence-corrected chi connectivity index (χ0v) is 9.77. The maximum absolute atomic E-state index is 5.97. The van der Waals surface area contributed by atoms with Crippen LogP contribution in [0, 0.1) is 0 Å². The van der Waals surface area contributed by atoms with Crippen LogP contribution in [0.1, 0.15) is 0 Å². The summed E-state index contributed by atoms with van der Waals surface area (Å²) < 4.78 is 0. The zero-order valence-electron chi connectivity index (χ0n) is 8.20. The van der Waals surface area contributed by atoms with Gasteiger partial charge in [-0.25, -0.2) is 9.97 Å². The van der Waals surface area contributed by atoms with Gasteiger partial charge < -0.3 is 10.6 Å². The molecule has 0 aliphatic heterocycles. The molecule has 0 aliphatic carbocycles. The first kappa shape index (κ1) is 11.4. The van der Waals surface area contributed by atoms with Crippen LogP contribution in [0.2, 0.25) is 5.02 Å². The Bertz CT molecular complexity index is 307. The average Bonchev–Trinajstić information content (AvgIpc) is 2.18. The highest BCUT2D eigenvalue weighted by molar-refractivity contribution is 7.98. The standard InChI is InChI=1S/C8H13ClN4S/c1-13(3-4-14-2)8-6(9)7(10)11-5-12-8/h5H,3-4H2,1-2H3,(H2,10,11,12). The van der Waals surface area contributed by atoms with Crippen LogP contribution in [-0.4, -0.2) is 35.6 Å². The molecule has 78 valence electrons. The molecule has 2 N–H and O–H groups in total. The summed E-state index contributed by atoms with van der Waals surface area (Å²) in [5, 5.41) is 0.427. The number of hydrogen-bond acceptors (Lipinski definition) is 5. The molecule has 14 heavy (non-hydrogen) atoms. The first-order valence-corrected chi connectivity index (χ1v) is 5.90. The molecule has 0 bridgehead atoms. The number of hydrogen-bond donors (Lipinski definition) is 1. The normalized spacial score (nSPS) is 10.2. The van der Waals surface area contributed by atoms with Crippen molar-refractivity contribution >= 4 is 35.0 Å². The van der Waals surface area contributed by atoms with Crippen LogP contribution in [0.4, 0.5) is 11.6 Å². The number of nitrogen functional groups attached to an aromatic ring is 1. The van der Waals surface area contributed by atoms with Crippen molar-refractivity contribution in [1.82, 2.24) is 9.97 Å². The number of anilines is 2. The fourth-order valence-electron chi connectivity index (χ4n) is 0.974. The number of rotatable bonds is 4. The minimum atomic E-state index is 0.327. The largest absolute Gasteiger partial charge is 0.382 e. The molecule has 1 aromatic heterocycles. The summed E-state index contributed by atoms with van der Waals surface area (Å²) in [6, 6.07) is 0. The van der Waals surface area contributed by atoms with E-state index in [-0.39, 0.29) is 0 Å². The van der Waals surface area contributed by atoms with Crippen LogP contribution in [0.5, 0.6) is 0 Å². The topological polar surface area (TPSA) is 55.0 Å². The van der Waals surface area contributed by atoms with Crippen LogP contribution in [-0.2, 0) is 0 Å². The summed E-state index contributed by atoms with van der Waals surface area (Å²) >= 11 is 7.74. The Kier molecular flexibility index (Phi) is 4.28. The zero-order chi connectivity index (χ0) is 10.6. The maximum atomic E-state index is 5.97.